The van der Waals surface area contributed by atoms with Gasteiger partial charge in [0.05, 0.1) is 0 Å². The summed E-state index contributed by atoms with van der Waals surface area (Å²) in [5.74, 6) is 4.61. The molecule has 1 aliphatic rings. The van der Waals surface area contributed by atoms with Crippen molar-refractivity contribution in [3.63, 3.8) is 0 Å². The predicted molar refractivity (Wildman–Crippen MR) is 76.2 cm³/mol. The van der Waals surface area contributed by atoms with Crippen molar-refractivity contribution < 1.29 is 0 Å². The van der Waals surface area contributed by atoms with Gasteiger partial charge in [-0.3, -0.25) is 0 Å². The molecular formula is C14H29NS. The first kappa shape index (κ1) is 14.4. The maximum atomic E-state index is 3.59. The van der Waals surface area contributed by atoms with E-state index >= 15 is 0 Å². The molecule has 0 bridgehead atoms. The van der Waals surface area contributed by atoms with E-state index in [4.69, 9.17) is 0 Å². The molecule has 0 heterocycles. The maximum absolute atomic E-state index is 3.59. The lowest BCUT2D eigenvalue weighted by Crippen LogP contribution is -2.22. The molecule has 0 radical (unpaired) electrons. The molecule has 1 fully saturated rings. The molecule has 0 aromatic heterocycles. The van der Waals surface area contributed by atoms with Crippen molar-refractivity contribution in [1.82, 2.24) is 5.32 Å². The topological polar surface area (TPSA) is 12.0 Å². The fourth-order valence-corrected chi connectivity index (χ4v) is 3.13. The molecule has 1 N–H and O–H groups in total. The third-order valence-corrected chi connectivity index (χ3v) is 4.70. The van der Waals surface area contributed by atoms with Gasteiger partial charge in [0.15, 0.2) is 0 Å². The van der Waals surface area contributed by atoms with E-state index in [-0.39, 0.29) is 0 Å². The second-order valence-electron chi connectivity index (χ2n) is 5.22. The lowest BCUT2D eigenvalue weighted by Gasteiger charge is -2.26. The minimum atomic E-state index is 0.996. The van der Waals surface area contributed by atoms with Crippen LogP contribution in [-0.4, -0.2) is 24.6 Å². The summed E-state index contributed by atoms with van der Waals surface area (Å²) in [5, 5.41) is 3.59. The van der Waals surface area contributed by atoms with Gasteiger partial charge in [-0.2, -0.15) is 11.8 Å². The molecule has 0 aliphatic heterocycles. The van der Waals surface area contributed by atoms with Crippen LogP contribution in [0.2, 0.25) is 0 Å². The highest BCUT2D eigenvalue weighted by molar-refractivity contribution is 7.99. The van der Waals surface area contributed by atoms with Crippen LogP contribution in [0.25, 0.3) is 0 Å². The fourth-order valence-electron chi connectivity index (χ4n) is 2.49. The van der Waals surface area contributed by atoms with Crippen LogP contribution in [0.5, 0.6) is 0 Å². The monoisotopic (exact) mass is 243 g/mol. The summed E-state index contributed by atoms with van der Waals surface area (Å²) in [4.78, 5) is 0. The summed E-state index contributed by atoms with van der Waals surface area (Å²) in [6.45, 7) is 7.11. The summed E-state index contributed by atoms with van der Waals surface area (Å²) >= 11 is 2.05. The molecule has 0 amide bonds. The summed E-state index contributed by atoms with van der Waals surface area (Å²) in [5.41, 5.74) is 0. The van der Waals surface area contributed by atoms with E-state index in [1.165, 1.54) is 63.1 Å². The first-order valence-electron chi connectivity index (χ1n) is 7.11. The molecule has 16 heavy (non-hydrogen) atoms. The number of thioether (sulfide) groups is 1. The molecule has 2 heteroatoms. The van der Waals surface area contributed by atoms with Crippen LogP contribution in [0.1, 0.15) is 52.4 Å². The zero-order valence-corrected chi connectivity index (χ0v) is 12.0. The highest BCUT2D eigenvalue weighted by atomic mass is 32.2. The molecule has 0 saturated heterocycles. The Hall–Kier alpha value is 0.310. The van der Waals surface area contributed by atoms with Crippen LogP contribution in [0, 0.1) is 11.8 Å². The average molecular weight is 243 g/mol. The van der Waals surface area contributed by atoms with Gasteiger partial charge in [0, 0.05) is 0 Å². The molecule has 0 aromatic carbocycles. The minimum Gasteiger partial charge on any atom is -0.317 e. The van der Waals surface area contributed by atoms with Crippen molar-refractivity contribution in [2.75, 3.05) is 24.6 Å². The maximum Gasteiger partial charge on any atom is -0.00411 e. The summed E-state index contributed by atoms with van der Waals surface area (Å²) in [6.07, 6.45) is 8.65. The van der Waals surface area contributed by atoms with E-state index < -0.39 is 0 Å². The van der Waals surface area contributed by atoms with Gasteiger partial charge in [-0.25, -0.2) is 0 Å². The molecule has 0 aromatic rings. The Kier molecular flexibility index (Phi) is 8.40. The molecule has 96 valence electrons. The van der Waals surface area contributed by atoms with Crippen LogP contribution < -0.4 is 5.32 Å². The highest BCUT2D eigenvalue weighted by Gasteiger charge is 2.17. The van der Waals surface area contributed by atoms with Crippen LogP contribution >= 0.6 is 11.8 Å². The van der Waals surface area contributed by atoms with E-state index in [1.807, 2.05) is 0 Å². The van der Waals surface area contributed by atoms with Gasteiger partial charge in [0.1, 0.15) is 0 Å². The first-order valence-corrected chi connectivity index (χ1v) is 8.26. The molecule has 0 atom stereocenters. The number of hydrogen-bond acceptors (Lipinski definition) is 2. The quantitative estimate of drug-likeness (QED) is 0.648. The van der Waals surface area contributed by atoms with Gasteiger partial charge in [0.2, 0.25) is 0 Å². The van der Waals surface area contributed by atoms with Crippen LogP contribution in [0.15, 0.2) is 0 Å². The van der Waals surface area contributed by atoms with Gasteiger partial charge < -0.3 is 5.32 Å². The summed E-state index contributed by atoms with van der Waals surface area (Å²) < 4.78 is 0. The first-order chi connectivity index (χ1) is 7.83. The second-order valence-corrected chi connectivity index (χ2v) is 6.61. The normalized spacial score (nSPS) is 25.9. The fraction of sp³-hybridized carbons (Fsp3) is 1.00. The smallest absolute Gasteiger partial charge is 0.00411 e. The zero-order chi connectivity index (χ0) is 11.6. The number of hydrogen-bond donors (Lipinski definition) is 1. The molecule has 0 spiro atoms. The third-order valence-electron chi connectivity index (χ3n) is 3.71. The molecule has 1 aliphatic carbocycles. The van der Waals surface area contributed by atoms with Crippen molar-refractivity contribution in [2.24, 2.45) is 11.8 Å². The highest BCUT2D eigenvalue weighted by Crippen LogP contribution is 2.29. The van der Waals surface area contributed by atoms with E-state index in [0.29, 0.717) is 0 Å². The average Bonchev–Trinajstić information content (AvgIpc) is 2.30. The molecule has 1 nitrogen and oxygen atoms in total. The molecule has 0 unspecified atom stereocenters. The molecular weight excluding hydrogens is 214 g/mol. The van der Waals surface area contributed by atoms with E-state index in [0.717, 1.165) is 11.8 Å². The van der Waals surface area contributed by atoms with E-state index in [1.54, 1.807) is 0 Å². The Morgan fingerprint density at radius 1 is 1.12 bits per heavy atom. The Bertz CT molecular complexity index is 153. The summed E-state index contributed by atoms with van der Waals surface area (Å²) in [6, 6.07) is 0. The van der Waals surface area contributed by atoms with Crippen LogP contribution in [0.4, 0.5) is 0 Å². The van der Waals surface area contributed by atoms with Crippen molar-refractivity contribution in [2.45, 2.75) is 52.4 Å². The Morgan fingerprint density at radius 3 is 2.56 bits per heavy atom. The van der Waals surface area contributed by atoms with Gasteiger partial charge in [-0.1, -0.05) is 39.5 Å². The van der Waals surface area contributed by atoms with Gasteiger partial charge >= 0.3 is 0 Å². The minimum absolute atomic E-state index is 0.996. The predicted octanol–water partition coefficient (Wildman–Crippen LogP) is 3.94. The Balaban J connectivity index is 1.84. The van der Waals surface area contributed by atoms with Gasteiger partial charge in [-0.05, 0) is 49.3 Å². The molecule has 1 saturated carbocycles. The van der Waals surface area contributed by atoms with Gasteiger partial charge in [0.25, 0.3) is 0 Å². The zero-order valence-electron chi connectivity index (χ0n) is 11.1. The Labute approximate surface area is 106 Å². The van der Waals surface area contributed by atoms with Crippen LogP contribution in [-0.2, 0) is 0 Å². The lowest BCUT2D eigenvalue weighted by atomic mass is 9.81. The molecule has 1 rings (SSSR count). The van der Waals surface area contributed by atoms with Crippen molar-refractivity contribution >= 4 is 11.8 Å². The summed E-state index contributed by atoms with van der Waals surface area (Å²) in [7, 11) is 0. The van der Waals surface area contributed by atoms with Crippen LogP contribution in [0.3, 0.4) is 0 Å². The number of nitrogens with one attached hydrogen (secondary N) is 1. The van der Waals surface area contributed by atoms with Crippen molar-refractivity contribution in [1.29, 1.82) is 0 Å². The van der Waals surface area contributed by atoms with E-state index in [2.05, 4.69) is 30.9 Å². The third kappa shape index (κ3) is 6.80. The second kappa shape index (κ2) is 9.35. The lowest BCUT2D eigenvalue weighted by molar-refractivity contribution is 0.275. The standard InChI is InChI=1S/C14H29NS/c1-3-16-12-4-10-15-11-9-14-7-5-13(2)6-8-14/h13-15H,3-12H2,1-2H3. The Morgan fingerprint density at radius 2 is 1.88 bits per heavy atom. The largest absolute Gasteiger partial charge is 0.317 e. The SMILES string of the molecule is CCSCCCNCCC1CCC(C)CC1. The van der Waals surface area contributed by atoms with Crippen molar-refractivity contribution in [3.05, 3.63) is 0 Å². The van der Waals surface area contributed by atoms with Gasteiger partial charge in [-0.15, -0.1) is 0 Å². The number of rotatable bonds is 8. The van der Waals surface area contributed by atoms with Crippen molar-refractivity contribution in [3.8, 4) is 0 Å². The van der Waals surface area contributed by atoms with E-state index in [9.17, 15) is 0 Å².